The lowest BCUT2D eigenvalue weighted by molar-refractivity contribution is -0.0750. The van der Waals surface area contributed by atoms with E-state index in [0.29, 0.717) is 16.9 Å². The molecule has 3 nitrogen and oxygen atoms in total. The van der Waals surface area contributed by atoms with Crippen molar-refractivity contribution in [3.63, 3.8) is 0 Å². The van der Waals surface area contributed by atoms with E-state index in [0.717, 1.165) is 48.0 Å². The van der Waals surface area contributed by atoms with Crippen LogP contribution in [0, 0.1) is 64.1 Å². The van der Waals surface area contributed by atoms with Crippen LogP contribution in [0.4, 0.5) is 0 Å². The molecule has 0 amide bonds. The van der Waals surface area contributed by atoms with Gasteiger partial charge >= 0.3 is 0 Å². The number of nitriles is 1. The van der Waals surface area contributed by atoms with Gasteiger partial charge in [0.2, 0.25) is 0 Å². The summed E-state index contributed by atoms with van der Waals surface area (Å²) in [5.74, 6) is 7.61. The Hall–Kier alpha value is -1.30. The highest BCUT2D eigenvalue weighted by atomic mass is 15.3. The Kier molecular flexibility index (Phi) is 6.43. The van der Waals surface area contributed by atoms with Crippen LogP contribution in [-0.2, 0) is 6.54 Å². The zero-order chi connectivity index (χ0) is 22.3. The van der Waals surface area contributed by atoms with Gasteiger partial charge in [0, 0.05) is 12.7 Å². The van der Waals surface area contributed by atoms with Crippen LogP contribution in [0.1, 0.15) is 103 Å². The molecule has 0 N–H and O–H groups in total. The highest BCUT2D eigenvalue weighted by Gasteiger charge is 2.57. The molecule has 0 radical (unpaired) electrons. The Bertz CT molecular complexity index is 821. The van der Waals surface area contributed by atoms with Crippen molar-refractivity contribution in [2.24, 2.45) is 52.8 Å². The van der Waals surface area contributed by atoms with Gasteiger partial charge in [-0.15, -0.1) is 0 Å². The Morgan fingerprint density at radius 1 is 1.12 bits per heavy atom. The maximum Gasteiger partial charge on any atom is 0.102 e. The first kappa shape index (κ1) is 22.5. The molecule has 0 bridgehead atoms. The summed E-state index contributed by atoms with van der Waals surface area (Å²) in [5, 5.41) is 13.6. The highest BCUT2D eigenvalue weighted by molar-refractivity contribution is 5.21. The average Bonchev–Trinajstić information content (AvgIpc) is 3.40. The Balaban J connectivity index is 1.24. The number of hydrogen-bond acceptors (Lipinski definition) is 2. The van der Waals surface area contributed by atoms with Crippen LogP contribution in [-0.4, -0.2) is 9.78 Å². The van der Waals surface area contributed by atoms with Crippen molar-refractivity contribution in [2.75, 3.05) is 0 Å². The summed E-state index contributed by atoms with van der Waals surface area (Å²) in [6, 6.07) is 2.23. The smallest absolute Gasteiger partial charge is 0.102 e. The molecule has 176 valence electrons. The van der Waals surface area contributed by atoms with Gasteiger partial charge in [0.25, 0.3) is 0 Å². The van der Waals surface area contributed by atoms with E-state index < -0.39 is 0 Å². The van der Waals surface area contributed by atoms with E-state index >= 15 is 0 Å². The predicted octanol–water partition coefficient (Wildman–Crippen LogP) is 7.47. The standard InChI is InChI=1S/C29H45N3/c1-4-5-6-21-7-9-24-23(15-21)8-10-26-25(24)13-14-29(3)27(11-12-28(26)29)20(2)18-32-19-22(16-30)17-31-32/h17,19-21,23-28H,4-15,18H2,1-3H3/t20-,21+,23-,24+,25?,26-,27?,28?,29-/m1/s1. The quantitative estimate of drug-likeness (QED) is 0.465. The Morgan fingerprint density at radius 3 is 2.75 bits per heavy atom. The molecule has 3 heteroatoms. The minimum atomic E-state index is 0.525. The van der Waals surface area contributed by atoms with Crippen LogP contribution in [0.3, 0.4) is 0 Å². The fraction of sp³-hybridized carbons (Fsp3) is 0.862. The lowest BCUT2D eigenvalue weighted by Crippen LogP contribution is -2.49. The van der Waals surface area contributed by atoms with Crippen LogP contribution < -0.4 is 0 Å². The zero-order valence-electron chi connectivity index (χ0n) is 20.8. The van der Waals surface area contributed by atoms with Gasteiger partial charge in [-0.2, -0.15) is 10.4 Å². The van der Waals surface area contributed by atoms with E-state index in [9.17, 15) is 0 Å². The second-order valence-corrected chi connectivity index (χ2v) is 12.5. The monoisotopic (exact) mass is 435 g/mol. The summed E-state index contributed by atoms with van der Waals surface area (Å²) >= 11 is 0. The van der Waals surface area contributed by atoms with E-state index in [4.69, 9.17) is 5.26 Å². The number of nitrogens with zero attached hydrogens (tertiary/aromatic N) is 3. The van der Waals surface area contributed by atoms with Gasteiger partial charge < -0.3 is 0 Å². The molecule has 32 heavy (non-hydrogen) atoms. The maximum absolute atomic E-state index is 9.13. The topological polar surface area (TPSA) is 41.6 Å². The summed E-state index contributed by atoms with van der Waals surface area (Å²) in [7, 11) is 0. The van der Waals surface area contributed by atoms with Gasteiger partial charge in [0.15, 0.2) is 0 Å². The first-order valence-electron chi connectivity index (χ1n) is 14.0. The number of unbranched alkanes of at least 4 members (excludes halogenated alkanes) is 1. The SMILES string of the molecule is CCCC[C@H]1CC[C@@H]2C3CC[C@@]4(C)C(CCC4[C@H](C)Cn4cc(C#N)cn4)[C@@H]3CC[C@@H]2C1. The summed E-state index contributed by atoms with van der Waals surface area (Å²) in [6.45, 7) is 8.43. The summed E-state index contributed by atoms with van der Waals surface area (Å²) in [5.41, 5.74) is 1.21. The van der Waals surface area contributed by atoms with E-state index in [1.54, 1.807) is 19.0 Å². The third kappa shape index (κ3) is 3.95. The molecule has 5 rings (SSSR count). The van der Waals surface area contributed by atoms with Crippen LogP contribution in [0.5, 0.6) is 0 Å². The molecular weight excluding hydrogens is 390 g/mol. The predicted molar refractivity (Wildman–Crippen MR) is 130 cm³/mol. The molecule has 0 spiro atoms. The van der Waals surface area contributed by atoms with Crippen LogP contribution in [0.2, 0.25) is 0 Å². The van der Waals surface area contributed by atoms with Crippen LogP contribution >= 0.6 is 0 Å². The fourth-order valence-electron chi connectivity index (χ4n) is 9.62. The van der Waals surface area contributed by atoms with Crippen molar-refractivity contribution in [2.45, 2.75) is 104 Å². The van der Waals surface area contributed by atoms with Gasteiger partial charge in [0.05, 0.1) is 11.8 Å². The lowest BCUT2D eigenvalue weighted by Gasteiger charge is -2.57. The van der Waals surface area contributed by atoms with E-state index in [-0.39, 0.29) is 0 Å². The highest BCUT2D eigenvalue weighted by Crippen LogP contribution is 2.65. The van der Waals surface area contributed by atoms with Crippen molar-refractivity contribution in [3.05, 3.63) is 18.0 Å². The number of hydrogen-bond donors (Lipinski definition) is 0. The van der Waals surface area contributed by atoms with Gasteiger partial charge in [-0.25, -0.2) is 0 Å². The zero-order valence-corrected chi connectivity index (χ0v) is 20.8. The largest absolute Gasteiger partial charge is 0.271 e. The normalized spacial score (nSPS) is 41.9. The minimum Gasteiger partial charge on any atom is -0.271 e. The number of fused-ring (bicyclic) bond motifs is 5. The first-order valence-corrected chi connectivity index (χ1v) is 14.0. The van der Waals surface area contributed by atoms with Crippen molar-refractivity contribution in [1.82, 2.24) is 9.78 Å². The molecule has 0 aliphatic heterocycles. The van der Waals surface area contributed by atoms with Gasteiger partial charge in [-0.05, 0) is 104 Å². The second kappa shape index (κ2) is 9.15. The molecule has 1 aromatic heterocycles. The number of aromatic nitrogens is 2. The summed E-state index contributed by atoms with van der Waals surface area (Å²) in [4.78, 5) is 0. The molecule has 3 unspecified atom stereocenters. The molecule has 0 saturated heterocycles. The van der Waals surface area contributed by atoms with Crippen molar-refractivity contribution < 1.29 is 0 Å². The van der Waals surface area contributed by atoms with Crippen molar-refractivity contribution in [1.29, 1.82) is 5.26 Å². The Labute approximate surface area is 196 Å². The van der Waals surface area contributed by atoms with Crippen LogP contribution in [0.15, 0.2) is 12.4 Å². The summed E-state index contributed by atoms with van der Waals surface area (Å²) in [6.07, 6.45) is 21.5. The first-order chi connectivity index (χ1) is 15.5. The maximum atomic E-state index is 9.13. The second-order valence-electron chi connectivity index (χ2n) is 12.5. The molecule has 1 heterocycles. The molecule has 4 aliphatic carbocycles. The minimum absolute atomic E-state index is 0.525. The Morgan fingerprint density at radius 2 is 1.97 bits per heavy atom. The van der Waals surface area contributed by atoms with Crippen molar-refractivity contribution in [3.8, 4) is 6.07 Å². The number of rotatable bonds is 6. The van der Waals surface area contributed by atoms with Crippen LogP contribution in [0.25, 0.3) is 0 Å². The molecule has 1 aromatic rings. The van der Waals surface area contributed by atoms with E-state index in [1.807, 2.05) is 10.9 Å². The molecule has 0 aromatic carbocycles. The third-order valence-corrected chi connectivity index (χ3v) is 11.0. The molecule has 9 atom stereocenters. The molecule has 4 aliphatic rings. The van der Waals surface area contributed by atoms with Gasteiger partial charge in [-0.3, -0.25) is 4.68 Å². The molecular formula is C29H45N3. The fourth-order valence-corrected chi connectivity index (χ4v) is 9.62. The van der Waals surface area contributed by atoms with Crippen molar-refractivity contribution >= 4 is 0 Å². The summed E-state index contributed by atoms with van der Waals surface area (Å²) < 4.78 is 2.02. The average molecular weight is 436 g/mol. The third-order valence-electron chi connectivity index (χ3n) is 11.0. The lowest BCUT2D eigenvalue weighted by atomic mass is 9.48. The molecule has 4 saturated carbocycles. The van der Waals surface area contributed by atoms with E-state index in [2.05, 4.69) is 31.9 Å². The van der Waals surface area contributed by atoms with Gasteiger partial charge in [-0.1, -0.05) is 46.5 Å². The van der Waals surface area contributed by atoms with E-state index in [1.165, 1.54) is 64.2 Å². The van der Waals surface area contributed by atoms with Gasteiger partial charge in [0.1, 0.15) is 6.07 Å². The molecule has 4 fully saturated rings.